The molecule has 0 bridgehead atoms. The van der Waals surface area contributed by atoms with Crippen LogP contribution in [0.1, 0.15) is 74.1 Å². The molecule has 1 aromatic rings. The van der Waals surface area contributed by atoms with Crippen LogP contribution in [0.5, 0.6) is 0 Å². The summed E-state index contributed by atoms with van der Waals surface area (Å²) in [6, 6.07) is 0. The first-order valence-corrected chi connectivity index (χ1v) is 9.39. The Labute approximate surface area is 142 Å². The molecule has 1 heterocycles. The van der Waals surface area contributed by atoms with Gasteiger partial charge in [-0.25, -0.2) is 9.78 Å². The lowest BCUT2D eigenvalue weighted by Crippen LogP contribution is -2.24. The standard InChI is InChI=1S/C17H27NO2S2/c1-8-9-21-12(4)15-18-14(13(22-15)10-11(2)3)16(19)20-17(5,6)7/h8-9,11-12H,10H2,1-7H3/b9-8-. The van der Waals surface area contributed by atoms with Gasteiger partial charge < -0.3 is 4.74 Å². The highest BCUT2D eigenvalue weighted by atomic mass is 32.2. The van der Waals surface area contributed by atoms with Crippen molar-refractivity contribution in [1.29, 1.82) is 0 Å². The Bertz CT molecular complexity index is 527. The van der Waals surface area contributed by atoms with Crippen molar-refractivity contribution in [3.8, 4) is 0 Å². The highest BCUT2D eigenvalue weighted by molar-refractivity contribution is 8.02. The molecule has 1 aromatic heterocycles. The van der Waals surface area contributed by atoms with Gasteiger partial charge in [0.05, 0.1) is 5.25 Å². The summed E-state index contributed by atoms with van der Waals surface area (Å²) in [6.07, 6.45) is 2.87. The van der Waals surface area contributed by atoms with Crippen molar-refractivity contribution >= 4 is 29.1 Å². The van der Waals surface area contributed by atoms with Crippen LogP contribution in [-0.2, 0) is 11.2 Å². The van der Waals surface area contributed by atoms with Gasteiger partial charge in [-0.05, 0) is 52.4 Å². The molecule has 22 heavy (non-hydrogen) atoms. The van der Waals surface area contributed by atoms with Gasteiger partial charge in [-0.3, -0.25) is 0 Å². The van der Waals surface area contributed by atoms with E-state index >= 15 is 0 Å². The van der Waals surface area contributed by atoms with Crippen LogP contribution in [0.4, 0.5) is 0 Å². The minimum atomic E-state index is -0.499. The zero-order valence-electron chi connectivity index (χ0n) is 14.6. The molecular weight excluding hydrogens is 314 g/mol. The molecule has 0 aliphatic heterocycles. The molecule has 0 N–H and O–H groups in total. The van der Waals surface area contributed by atoms with E-state index in [9.17, 15) is 4.79 Å². The summed E-state index contributed by atoms with van der Waals surface area (Å²) in [5.41, 5.74) is -0.00192. The smallest absolute Gasteiger partial charge is 0.358 e. The summed E-state index contributed by atoms with van der Waals surface area (Å²) in [5, 5.41) is 3.28. The summed E-state index contributed by atoms with van der Waals surface area (Å²) in [6.45, 7) is 14.0. The molecular formula is C17H27NO2S2. The Morgan fingerprint density at radius 2 is 2.00 bits per heavy atom. The van der Waals surface area contributed by atoms with Gasteiger partial charge in [0.2, 0.25) is 0 Å². The van der Waals surface area contributed by atoms with Gasteiger partial charge in [0.15, 0.2) is 5.69 Å². The molecule has 0 saturated carbocycles. The Morgan fingerprint density at radius 3 is 2.50 bits per heavy atom. The largest absolute Gasteiger partial charge is 0.455 e. The number of thiazole rings is 1. The first kappa shape index (κ1) is 19.2. The van der Waals surface area contributed by atoms with Crippen LogP contribution in [-0.4, -0.2) is 16.6 Å². The van der Waals surface area contributed by atoms with Gasteiger partial charge in [-0.1, -0.05) is 19.9 Å². The maximum atomic E-state index is 12.4. The predicted molar refractivity (Wildman–Crippen MR) is 96.6 cm³/mol. The van der Waals surface area contributed by atoms with E-state index in [1.165, 1.54) is 0 Å². The van der Waals surface area contributed by atoms with E-state index in [-0.39, 0.29) is 11.2 Å². The average Bonchev–Trinajstić information content (AvgIpc) is 2.77. The number of carbonyl (C=O) groups excluding carboxylic acids is 1. The Kier molecular flexibility index (Phi) is 7.13. The average molecular weight is 342 g/mol. The third kappa shape index (κ3) is 6.13. The van der Waals surface area contributed by atoms with Crippen molar-refractivity contribution in [3.63, 3.8) is 0 Å². The van der Waals surface area contributed by atoms with E-state index in [2.05, 4.69) is 31.2 Å². The van der Waals surface area contributed by atoms with Gasteiger partial charge >= 0.3 is 5.97 Å². The van der Waals surface area contributed by atoms with Crippen LogP contribution in [0.15, 0.2) is 11.5 Å². The highest BCUT2D eigenvalue weighted by Gasteiger charge is 2.25. The van der Waals surface area contributed by atoms with Gasteiger partial charge in [0.1, 0.15) is 10.6 Å². The number of nitrogens with zero attached hydrogens (tertiary/aromatic N) is 1. The summed E-state index contributed by atoms with van der Waals surface area (Å²) in [7, 11) is 0. The van der Waals surface area contributed by atoms with Crippen LogP contribution < -0.4 is 0 Å². The van der Waals surface area contributed by atoms with Gasteiger partial charge in [0.25, 0.3) is 0 Å². The van der Waals surface area contributed by atoms with Gasteiger partial charge in [-0.2, -0.15) is 0 Å². The fourth-order valence-corrected chi connectivity index (χ4v) is 3.86. The van der Waals surface area contributed by atoms with Crippen molar-refractivity contribution in [3.05, 3.63) is 27.1 Å². The maximum Gasteiger partial charge on any atom is 0.358 e. The Morgan fingerprint density at radius 1 is 1.36 bits per heavy atom. The zero-order chi connectivity index (χ0) is 16.9. The summed E-state index contributed by atoms with van der Waals surface area (Å²) < 4.78 is 5.50. The molecule has 1 rings (SSSR count). The zero-order valence-corrected chi connectivity index (χ0v) is 16.2. The molecule has 0 radical (unpaired) electrons. The second kappa shape index (κ2) is 8.16. The summed E-state index contributed by atoms with van der Waals surface area (Å²) in [4.78, 5) is 18.0. The van der Waals surface area contributed by atoms with E-state index in [0.717, 1.165) is 16.3 Å². The van der Waals surface area contributed by atoms with Crippen LogP contribution in [0.2, 0.25) is 0 Å². The van der Waals surface area contributed by atoms with Crippen LogP contribution in [0.25, 0.3) is 0 Å². The first-order chi connectivity index (χ1) is 10.1. The SMILES string of the molecule is C/C=C\SC(C)c1nc(C(=O)OC(C)(C)C)c(CC(C)C)s1. The summed E-state index contributed by atoms with van der Waals surface area (Å²) in [5.74, 6) is 0.168. The molecule has 124 valence electrons. The van der Waals surface area contributed by atoms with Gasteiger partial charge in [0, 0.05) is 4.88 Å². The molecule has 0 aromatic carbocycles. The highest BCUT2D eigenvalue weighted by Crippen LogP contribution is 2.35. The number of ether oxygens (including phenoxy) is 1. The Balaban J connectivity index is 3.07. The Hall–Kier alpha value is -0.810. The molecule has 1 unspecified atom stereocenters. The number of thioether (sulfide) groups is 1. The molecule has 0 aliphatic carbocycles. The van der Waals surface area contributed by atoms with Crippen molar-refractivity contribution in [2.24, 2.45) is 5.92 Å². The number of rotatable bonds is 6. The minimum absolute atomic E-state index is 0.239. The van der Waals surface area contributed by atoms with E-state index in [1.54, 1.807) is 23.1 Å². The molecule has 0 aliphatic rings. The van der Waals surface area contributed by atoms with Crippen LogP contribution >= 0.6 is 23.1 Å². The van der Waals surface area contributed by atoms with E-state index in [4.69, 9.17) is 4.74 Å². The number of aromatic nitrogens is 1. The first-order valence-electron chi connectivity index (χ1n) is 7.63. The predicted octanol–water partition coefficient (Wildman–Crippen LogP) is 5.62. The van der Waals surface area contributed by atoms with Crippen molar-refractivity contribution in [2.45, 2.75) is 65.7 Å². The fourth-order valence-electron chi connectivity index (χ4n) is 1.79. The third-order valence-corrected chi connectivity index (χ3v) is 5.14. The molecule has 3 nitrogen and oxygen atoms in total. The number of esters is 1. The number of allylic oxidation sites excluding steroid dienone is 1. The maximum absolute atomic E-state index is 12.4. The number of carbonyl (C=O) groups is 1. The van der Waals surface area contributed by atoms with Crippen molar-refractivity contribution in [1.82, 2.24) is 4.98 Å². The monoisotopic (exact) mass is 341 g/mol. The van der Waals surface area contributed by atoms with Crippen LogP contribution in [0.3, 0.4) is 0 Å². The molecule has 0 spiro atoms. The van der Waals surface area contributed by atoms with E-state index in [1.807, 2.05) is 33.8 Å². The quantitative estimate of drug-likeness (QED) is 0.629. The fraction of sp³-hybridized carbons (Fsp3) is 0.647. The molecule has 0 fully saturated rings. The van der Waals surface area contributed by atoms with Gasteiger partial charge in [-0.15, -0.1) is 23.1 Å². The second-order valence-electron chi connectivity index (χ2n) is 6.67. The molecule has 0 saturated heterocycles. The number of hydrogen-bond acceptors (Lipinski definition) is 5. The topological polar surface area (TPSA) is 39.2 Å². The van der Waals surface area contributed by atoms with Crippen molar-refractivity contribution < 1.29 is 9.53 Å². The summed E-state index contributed by atoms with van der Waals surface area (Å²) >= 11 is 3.34. The lowest BCUT2D eigenvalue weighted by Gasteiger charge is -2.19. The lowest BCUT2D eigenvalue weighted by atomic mass is 10.1. The molecule has 5 heteroatoms. The van der Waals surface area contributed by atoms with E-state index in [0.29, 0.717) is 11.6 Å². The lowest BCUT2D eigenvalue weighted by molar-refractivity contribution is 0.00623. The van der Waals surface area contributed by atoms with E-state index < -0.39 is 5.60 Å². The van der Waals surface area contributed by atoms with Crippen molar-refractivity contribution in [2.75, 3.05) is 0 Å². The normalized spacial score (nSPS) is 13.8. The molecule has 0 amide bonds. The second-order valence-corrected chi connectivity index (χ2v) is 9.04. The third-order valence-electron chi connectivity index (χ3n) is 2.67. The minimum Gasteiger partial charge on any atom is -0.455 e. The van der Waals surface area contributed by atoms with Crippen LogP contribution in [0, 0.1) is 5.92 Å². The molecule has 1 atom stereocenters. The number of hydrogen-bond donors (Lipinski definition) is 0.